The van der Waals surface area contributed by atoms with Gasteiger partial charge < -0.3 is 14.0 Å². The van der Waals surface area contributed by atoms with Crippen LogP contribution in [-0.2, 0) is 20.6 Å². The van der Waals surface area contributed by atoms with Gasteiger partial charge in [-0.05, 0) is 17.7 Å². The molecule has 0 atom stereocenters. The van der Waals surface area contributed by atoms with Crippen LogP contribution < -0.4 is 20.7 Å². The summed E-state index contributed by atoms with van der Waals surface area (Å²) in [6, 6.07) is 3.60. The van der Waals surface area contributed by atoms with Crippen molar-refractivity contribution < 1.29 is 9.47 Å². The molecule has 1 aliphatic rings. The molecule has 1 aliphatic heterocycles. The summed E-state index contributed by atoms with van der Waals surface area (Å²) in [6.07, 6.45) is 1.54. The fraction of sp³-hybridized carbons (Fsp3) is 0.312. The first kappa shape index (κ1) is 15.8. The van der Waals surface area contributed by atoms with E-state index in [0.29, 0.717) is 47.4 Å². The molecule has 0 bridgehead atoms. The zero-order chi connectivity index (χ0) is 17.7. The van der Waals surface area contributed by atoms with Gasteiger partial charge in [-0.25, -0.2) is 9.78 Å². The van der Waals surface area contributed by atoms with Gasteiger partial charge in [0.25, 0.3) is 5.56 Å². The summed E-state index contributed by atoms with van der Waals surface area (Å²) in [7, 11) is 3.03. The average molecular weight is 363 g/mol. The Morgan fingerprint density at radius 1 is 1.16 bits per heavy atom. The predicted octanol–water partition coefficient (Wildman–Crippen LogP) is 0.907. The third-order valence-corrected chi connectivity index (χ3v) is 4.51. The molecule has 1 aromatic carbocycles. The summed E-state index contributed by atoms with van der Waals surface area (Å²) in [6.45, 7) is 1.28. The zero-order valence-electron chi connectivity index (χ0n) is 13.7. The van der Waals surface area contributed by atoms with Gasteiger partial charge in [-0.1, -0.05) is 11.6 Å². The maximum atomic E-state index is 12.5. The van der Waals surface area contributed by atoms with Crippen LogP contribution in [0.5, 0.6) is 11.5 Å². The number of halogens is 1. The van der Waals surface area contributed by atoms with E-state index in [-0.39, 0.29) is 5.56 Å². The van der Waals surface area contributed by atoms with E-state index >= 15 is 0 Å². The number of aryl methyl sites for hydroxylation is 1. The van der Waals surface area contributed by atoms with Crippen molar-refractivity contribution in [2.24, 2.45) is 14.1 Å². The van der Waals surface area contributed by atoms with Gasteiger partial charge in [0.2, 0.25) is 0 Å². The van der Waals surface area contributed by atoms with Crippen LogP contribution in [0.1, 0.15) is 5.56 Å². The number of benzene rings is 1. The fourth-order valence-electron chi connectivity index (χ4n) is 2.97. The molecule has 25 heavy (non-hydrogen) atoms. The van der Waals surface area contributed by atoms with Gasteiger partial charge in [0.05, 0.1) is 11.3 Å². The largest absolute Gasteiger partial charge is 0.486 e. The van der Waals surface area contributed by atoms with Crippen LogP contribution in [0, 0.1) is 0 Å². The summed E-state index contributed by atoms with van der Waals surface area (Å²) >= 11 is 6.27. The molecular formula is C16H15ClN4O4. The van der Waals surface area contributed by atoms with Gasteiger partial charge in [-0.3, -0.25) is 13.9 Å². The van der Waals surface area contributed by atoms with Crippen molar-refractivity contribution in [1.29, 1.82) is 0 Å². The van der Waals surface area contributed by atoms with Gasteiger partial charge in [-0.2, -0.15) is 0 Å². The number of fused-ring (bicyclic) bond motifs is 2. The first-order chi connectivity index (χ1) is 12.0. The average Bonchev–Trinajstić information content (AvgIpc) is 3.02. The standard InChI is InChI=1S/C16H15ClN4O4/c1-19-14-12(15(22)20(2)16(19)23)21(8-18-14)7-9-5-10(17)13-11(6-9)24-3-4-25-13/h5-6,8H,3-4,7H2,1-2H3. The second-order valence-electron chi connectivity index (χ2n) is 5.85. The lowest BCUT2D eigenvalue weighted by Crippen LogP contribution is -2.37. The highest BCUT2D eigenvalue weighted by Gasteiger charge is 2.18. The number of rotatable bonds is 2. The molecule has 3 heterocycles. The SMILES string of the molecule is Cn1c(=O)c2c(ncn2Cc2cc(Cl)c3c(c2)OCCO3)n(C)c1=O. The van der Waals surface area contributed by atoms with Crippen LogP contribution in [0.15, 0.2) is 28.0 Å². The number of aromatic nitrogens is 4. The smallest absolute Gasteiger partial charge is 0.332 e. The molecule has 0 N–H and O–H groups in total. The summed E-state index contributed by atoms with van der Waals surface area (Å²) in [5.74, 6) is 1.11. The minimum atomic E-state index is -0.412. The highest BCUT2D eigenvalue weighted by atomic mass is 35.5. The van der Waals surface area contributed by atoms with Gasteiger partial charge in [0.1, 0.15) is 13.2 Å². The Morgan fingerprint density at radius 3 is 2.72 bits per heavy atom. The Bertz CT molecular complexity index is 1110. The number of ether oxygens (including phenoxy) is 2. The molecule has 0 aliphatic carbocycles. The van der Waals surface area contributed by atoms with Crippen molar-refractivity contribution in [2.75, 3.05) is 13.2 Å². The van der Waals surface area contributed by atoms with Crippen LogP contribution in [0.2, 0.25) is 5.02 Å². The Balaban J connectivity index is 1.84. The normalized spacial score (nSPS) is 13.4. The van der Waals surface area contributed by atoms with E-state index in [1.54, 1.807) is 17.7 Å². The van der Waals surface area contributed by atoms with E-state index in [0.717, 1.165) is 10.1 Å². The number of imidazole rings is 1. The second kappa shape index (κ2) is 5.66. The van der Waals surface area contributed by atoms with E-state index in [2.05, 4.69) is 4.98 Å². The van der Waals surface area contributed by atoms with Crippen molar-refractivity contribution in [2.45, 2.75) is 6.54 Å². The molecule has 0 saturated carbocycles. The summed E-state index contributed by atoms with van der Waals surface area (Å²) in [4.78, 5) is 28.7. The molecule has 8 nitrogen and oxygen atoms in total. The summed E-state index contributed by atoms with van der Waals surface area (Å²) in [5.41, 5.74) is 0.737. The maximum absolute atomic E-state index is 12.5. The topological polar surface area (TPSA) is 80.3 Å². The van der Waals surface area contributed by atoms with Gasteiger partial charge in [-0.15, -0.1) is 0 Å². The van der Waals surface area contributed by atoms with Crippen LogP contribution in [0.4, 0.5) is 0 Å². The monoisotopic (exact) mass is 362 g/mol. The lowest BCUT2D eigenvalue weighted by atomic mass is 10.2. The maximum Gasteiger partial charge on any atom is 0.332 e. The third-order valence-electron chi connectivity index (χ3n) is 4.23. The van der Waals surface area contributed by atoms with Crippen LogP contribution in [0.25, 0.3) is 11.2 Å². The third kappa shape index (κ3) is 2.41. The van der Waals surface area contributed by atoms with Crippen molar-refractivity contribution in [1.82, 2.24) is 18.7 Å². The van der Waals surface area contributed by atoms with Crippen LogP contribution >= 0.6 is 11.6 Å². The number of hydrogen-bond donors (Lipinski definition) is 0. The van der Waals surface area contributed by atoms with E-state index < -0.39 is 5.69 Å². The van der Waals surface area contributed by atoms with Crippen molar-refractivity contribution in [3.8, 4) is 11.5 Å². The quantitative estimate of drug-likeness (QED) is 0.677. The van der Waals surface area contributed by atoms with E-state index in [9.17, 15) is 9.59 Å². The molecule has 3 aromatic rings. The molecule has 0 unspecified atom stereocenters. The Morgan fingerprint density at radius 2 is 1.92 bits per heavy atom. The van der Waals surface area contributed by atoms with E-state index in [4.69, 9.17) is 21.1 Å². The zero-order valence-corrected chi connectivity index (χ0v) is 14.4. The lowest BCUT2D eigenvalue weighted by Gasteiger charge is -2.20. The predicted molar refractivity (Wildman–Crippen MR) is 91.8 cm³/mol. The molecule has 130 valence electrons. The number of hydrogen-bond acceptors (Lipinski definition) is 5. The lowest BCUT2D eigenvalue weighted by molar-refractivity contribution is 0.171. The molecule has 0 saturated heterocycles. The van der Waals surface area contributed by atoms with E-state index in [1.165, 1.54) is 17.9 Å². The summed E-state index contributed by atoms with van der Waals surface area (Å²) in [5, 5.41) is 0.455. The first-order valence-corrected chi connectivity index (χ1v) is 8.04. The fourth-order valence-corrected chi connectivity index (χ4v) is 3.26. The van der Waals surface area contributed by atoms with Crippen LogP contribution in [0.3, 0.4) is 0 Å². The molecule has 0 spiro atoms. The molecule has 0 fully saturated rings. The molecule has 0 amide bonds. The van der Waals surface area contributed by atoms with Crippen molar-refractivity contribution >= 4 is 22.8 Å². The van der Waals surface area contributed by atoms with Gasteiger partial charge in [0.15, 0.2) is 22.7 Å². The summed E-state index contributed by atoms with van der Waals surface area (Å²) < 4.78 is 15.2. The minimum absolute atomic E-state index is 0.344. The van der Waals surface area contributed by atoms with E-state index in [1.807, 2.05) is 6.07 Å². The number of nitrogens with zero attached hydrogens (tertiary/aromatic N) is 4. The Labute approximate surface area is 146 Å². The van der Waals surface area contributed by atoms with Crippen LogP contribution in [-0.4, -0.2) is 31.9 Å². The highest BCUT2D eigenvalue weighted by Crippen LogP contribution is 2.38. The molecule has 9 heteroatoms. The highest BCUT2D eigenvalue weighted by molar-refractivity contribution is 6.32. The van der Waals surface area contributed by atoms with Gasteiger partial charge >= 0.3 is 5.69 Å². The molecule has 2 aromatic heterocycles. The molecule has 0 radical (unpaired) electrons. The van der Waals surface area contributed by atoms with Gasteiger partial charge in [0, 0.05) is 20.6 Å². The Hall–Kier alpha value is -2.74. The molecular weight excluding hydrogens is 348 g/mol. The molecule has 4 rings (SSSR count). The van der Waals surface area contributed by atoms with Crippen molar-refractivity contribution in [3.05, 3.63) is 49.9 Å². The van der Waals surface area contributed by atoms with Crippen molar-refractivity contribution in [3.63, 3.8) is 0 Å². The first-order valence-electron chi connectivity index (χ1n) is 7.66. The minimum Gasteiger partial charge on any atom is -0.486 e. The second-order valence-corrected chi connectivity index (χ2v) is 6.26. The Kier molecular flexibility index (Phi) is 3.57.